The number of hydrogen-bond donors (Lipinski definition) is 0. The molecule has 1 fully saturated rings. The van der Waals surface area contributed by atoms with Crippen LogP contribution in [0.2, 0.25) is 10.0 Å². The van der Waals surface area contributed by atoms with E-state index in [-0.39, 0.29) is 37.5 Å². The Bertz CT molecular complexity index is 1340. The number of fused-ring (bicyclic) bond motifs is 4. The third-order valence-corrected chi connectivity index (χ3v) is 7.06. The molecule has 4 atom stereocenters. The van der Waals surface area contributed by atoms with Crippen molar-refractivity contribution in [2.75, 3.05) is 23.2 Å². The van der Waals surface area contributed by atoms with Gasteiger partial charge in [-0.25, -0.2) is 19.2 Å². The number of halogens is 2. The number of hydrogen-bond acceptors (Lipinski definition) is 12. The van der Waals surface area contributed by atoms with Crippen molar-refractivity contribution in [3.63, 3.8) is 0 Å². The first-order valence-electron chi connectivity index (χ1n) is 13.1. The van der Waals surface area contributed by atoms with Gasteiger partial charge in [-0.3, -0.25) is 10.0 Å². The molecule has 0 amide bonds. The number of cyclic esters (lactones) is 4. The summed E-state index contributed by atoms with van der Waals surface area (Å²) in [4.78, 5) is 52.3. The summed E-state index contributed by atoms with van der Waals surface area (Å²) in [6.45, 7) is 2.56. The molecular weight excluding hydrogens is 591 g/mol. The minimum absolute atomic E-state index is 0.0200. The highest BCUT2D eigenvalue weighted by Crippen LogP contribution is 2.29. The molecule has 2 aromatic carbocycles. The molecule has 0 aromatic heterocycles. The maximum atomic E-state index is 13.1. The van der Waals surface area contributed by atoms with Crippen LogP contribution in [0.3, 0.4) is 0 Å². The summed E-state index contributed by atoms with van der Waals surface area (Å²) in [5.74, 6) is -2.92. The van der Waals surface area contributed by atoms with Crippen molar-refractivity contribution >= 4 is 69.9 Å². The first-order valence-corrected chi connectivity index (χ1v) is 13.8. The van der Waals surface area contributed by atoms with Crippen molar-refractivity contribution in [1.82, 2.24) is 0 Å². The zero-order chi connectivity index (χ0) is 30.0. The highest BCUT2D eigenvalue weighted by molar-refractivity contribution is 6.38. The summed E-state index contributed by atoms with van der Waals surface area (Å²) in [6.07, 6.45) is -1.91. The second-order valence-corrected chi connectivity index (χ2v) is 10.7. The first-order chi connectivity index (χ1) is 20.1. The van der Waals surface area contributed by atoms with E-state index in [1.165, 1.54) is 10.0 Å². The SMILES string of the molecule is C[C@H]1COC(=O)C2CC(=NN2c2ccc(Cl)cc2)C(=O)O[C@@H](C)COC(=O)C2CC(=NN2c2ccc(Cl)cc2)C(=O)O1. The van der Waals surface area contributed by atoms with Gasteiger partial charge in [0.1, 0.15) is 36.8 Å². The molecule has 2 aromatic rings. The minimum atomic E-state index is -0.989. The van der Waals surface area contributed by atoms with E-state index in [2.05, 4.69) is 10.2 Å². The Morgan fingerprint density at radius 3 is 1.36 bits per heavy atom. The third kappa shape index (κ3) is 6.50. The highest BCUT2D eigenvalue weighted by atomic mass is 35.5. The van der Waals surface area contributed by atoms with Crippen molar-refractivity contribution < 1.29 is 38.1 Å². The molecule has 3 aliphatic heterocycles. The summed E-state index contributed by atoms with van der Waals surface area (Å²) >= 11 is 12.0. The molecule has 0 spiro atoms. The van der Waals surface area contributed by atoms with Gasteiger partial charge < -0.3 is 18.9 Å². The molecule has 3 heterocycles. The van der Waals surface area contributed by atoms with Crippen LogP contribution in [-0.4, -0.2) is 72.8 Å². The average molecular weight is 617 g/mol. The Morgan fingerprint density at radius 2 is 1.00 bits per heavy atom. The van der Waals surface area contributed by atoms with Gasteiger partial charge in [-0.15, -0.1) is 0 Å². The van der Waals surface area contributed by atoms with Gasteiger partial charge in [0.15, 0.2) is 12.1 Å². The normalized spacial score (nSPS) is 25.4. The number of hydrazone groups is 2. The minimum Gasteiger partial charge on any atom is -0.460 e. The molecule has 0 saturated carbocycles. The van der Waals surface area contributed by atoms with Gasteiger partial charge in [-0.1, -0.05) is 23.2 Å². The Hall–Kier alpha value is -4.16. The lowest BCUT2D eigenvalue weighted by molar-refractivity contribution is -0.155. The predicted octanol–water partition coefficient (Wildman–Crippen LogP) is 3.53. The molecule has 220 valence electrons. The topological polar surface area (TPSA) is 136 Å². The van der Waals surface area contributed by atoms with Crippen LogP contribution < -0.4 is 10.0 Å². The van der Waals surface area contributed by atoms with E-state index in [1.54, 1.807) is 62.4 Å². The zero-order valence-electron chi connectivity index (χ0n) is 22.6. The van der Waals surface area contributed by atoms with Gasteiger partial charge >= 0.3 is 23.9 Å². The summed E-state index contributed by atoms with van der Waals surface area (Å²) < 4.78 is 21.9. The van der Waals surface area contributed by atoms with E-state index < -0.39 is 48.2 Å². The van der Waals surface area contributed by atoms with E-state index in [0.29, 0.717) is 21.4 Å². The molecule has 2 unspecified atom stereocenters. The number of esters is 4. The number of nitrogens with zero attached hydrogens (tertiary/aromatic N) is 4. The Kier molecular flexibility index (Phi) is 8.64. The smallest absolute Gasteiger partial charge is 0.354 e. The Labute approximate surface area is 250 Å². The summed E-state index contributed by atoms with van der Waals surface area (Å²) in [6, 6.07) is 11.1. The molecule has 14 heteroatoms. The van der Waals surface area contributed by atoms with Crippen LogP contribution >= 0.6 is 23.2 Å². The van der Waals surface area contributed by atoms with Gasteiger partial charge in [-0.05, 0) is 62.4 Å². The Morgan fingerprint density at radius 1 is 0.643 bits per heavy atom. The lowest BCUT2D eigenvalue weighted by Gasteiger charge is -2.23. The van der Waals surface area contributed by atoms with E-state index in [0.717, 1.165) is 0 Å². The maximum absolute atomic E-state index is 13.1. The van der Waals surface area contributed by atoms with E-state index in [1.807, 2.05) is 0 Å². The van der Waals surface area contributed by atoms with Crippen molar-refractivity contribution in [2.24, 2.45) is 10.2 Å². The van der Waals surface area contributed by atoms with Crippen LogP contribution in [0.15, 0.2) is 58.7 Å². The van der Waals surface area contributed by atoms with Crippen molar-refractivity contribution in [3.05, 3.63) is 58.6 Å². The fourth-order valence-corrected chi connectivity index (χ4v) is 4.71. The second kappa shape index (κ2) is 12.4. The molecule has 3 aliphatic rings. The lowest BCUT2D eigenvalue weighted by atomic mass is 10.1. The van der Waals surface area contributed by atoms with E-state index >= 15 is 0 Å². The fraction of sp³-hybridized carbons (Fsp3) is 0.357. The van der Waals surface area contributed by atoms with Crippen LogP contribution in [0, 0.1) is 0 Å². The van der Waals surface area contributed by atoms with Gasteiger partial charge in [0.2, 0.25) is 0 Å². The molecule has 42 heavy (non-hydrogen) atoms. The fourth-order valence-electron chi connectivity index (χ4n) is 4.46. The molecule has 12 nitrogen and oxygen atoms in total. The highest BCUT2D eigenvalue weighted by Gasteiger charge is 2.41. The van der Waals surface area contributed by atoms with Crippen LogP contribution in [0.4, 0.5) is 11.4 Å². The molecule has 5 rings (SSSR count). The zero-order valence-corrected chi connectivity index (χ0v) is 24.1. The first kappa shape index (κ1) is 29.3. The van der Waals surface area contributed by atoms with Gasteiger partial charge in [0, 0.05) is 22.9 Å². The average Bonchev–Trinajstić information content (AvgIpc) is 3.61. The van der Waals surface area contributed by atoms with Gasteiger partial charge in [-0.2, -0.15) is 10.2 Å². The standard InChI is InChI=1S/C28H26Cl2N4O8/c1-15-13-39-27(37)23-12-22(32-33(23)19-7-3-17(29)4-8-19)26(36)42-16(2)14-40-28(38)24-11-21(25(35)41-15)31-34(24)20-9-5-18(30)6-10-20/h3-10,15-16,23-24H,11-14H2,1-2H3/t15-,16-,23?,24?/m0/s1. The van der Waals surface area contributed by atoms with Gasteiger partial charge in [0.05, 0.1) is 11.4 Å². The molecule has 0 N–H and O–H groups in total. The molecule has 1 saturated heterocycles. The lowest BCUT2D eigenvalue weighted by Crippen LogP contribution is -2.39. The van der Waals surface area contributed by atoms with Crippen LogP contribution in [0.1, 0.15) is 26.7 Å². The number of anilines is 2. The van der Waals surface area contributed by atoms with Gasteiger partial charge in [0.25, 0.3) is 0 Å². The van der Waals surface area contributed by atoms with Crippen LogP contribution in [0.5, 0.6) is 0 Å². The molecular formula is C28H26Cl2N4O8. The van der Waals surface area contributed by atoms with E-state index in [4.69, 9.17) is 42.1 Å². The Balaban J connectivity index is 1.40. The molecule has 0 radical (unpaired) electrons. The molecule has 4 bridgehead atoms. The predicted molar refractivity (Wildman–Crippen MR) is 153 cm³/mol. The summed E-state index contributed by atoms with van der Waals surface area (Å²) in [5, 5.41) is 12.3. The summed E-state index contributed by atoms with van der Waals surface area (Å²) in [5.41, 5.74) is 0.952. The largest absolute Gasteiger partial charge is 0.460 e. The monoisotopic (exact) mass is 616 g/mol. The number of benzene rings is 2. The second-order valence-electron chi connectivity index (χ2n) is 9.87. The quantitative estimate of drug-likeness (QED) is 0.364. The number of ether oxygens (including phenoxy) is 4. The van der Waals surface area contributed by atoms with Crippen molar-refractivity contribution in [1.29, 1.82) is 0 Å². The van der Waals surface area contributed by atoms with Crippen LogP contribution in [-0.2, 0) is 38.1 Å². The van der Waals surface area contributed by atoms with E-state index in [9.17, 15) is 19.2 Å². The summed E-state index contributed by atoms with van der Waals surface area (Å²) in [7, 11) is 0. The molecule has 0 aliphatic carbocycles. The van der Waals surface area contributed by atoms with Crippen molar-refractivity contribution in [3.8, 4) is 0 Å². The third-order valence-electron chi connectivity index (χ3n) is 6.56. The number of carbonyl (C=O) groups is 4. The number of rotatable bonds is 2. The van der Waals surface area contributed by atoms with Crippen LogP contribution in [0.25, 0.3) is 0 Å². The van der Waals surface area contributed by atoms with Crippen molar-refractivity contribution in [2.45, 2.75) is 51.0 Å². The number of carbonyl (C=O) groups excluding carboxylic acids is 4. The maximum Gasteiger partial charge on any atom is 0.354 e.